The molecule has 136 valence electrons. The normalized spacial score (nSPS) is 32.8. The first-order valence-corrected chi connectivity index (χ1v) is 10.2. The third kappa shape index (κ3) is 2.28. The summed E-state index contributed by atoms with van der Waals surface area (Å²) in [4.78, 5) is 2.60. The molecule has 1 heterocycles. The standard InChI is InChI=1S/C24H29NO/c1-17-21-10-6-7-13-24(21)22-14-19(26-16-18-8-4-3-5-9-18)11-12-20(22)23(24)15-25(17)2/h3-5,8-9,11-12,14,17,21,23H,6-7,10,13,15-16H2,1-2H3. The summed E-state index contributed by atoms with van der Waals surface area (Å²) in [7, 11) is 2.32. The molecule has 0 amide bonds. The molecule has 4 atom stereocenters. The van der Waals surface area contributed by atoms with E-state index in [0.717, 1.165) is 17.6 Å². The van der Waals surface area contributed by atoms with Gasteiger partial charge in [0.05, 0.1) is 0 Å². The zero-order valence-electron chi connectivity index (χ0n) is 15.9. The summed E-state index contributed by atoms with van der Waals surface area (Å²) in [6.07, 6.45) is 5.54. The Morgan fingerprint density at radius 1 is 1.12 bits per heavy atom. The molecule has 0 aromatic heterocycles. The molecule has 1 spiro atoms. The molecule has 2 aromatic carbocycles. The summed E-state index contributed by atoms with van der Waals surface area (Å²) >= 11 is 0. The lowest BCUT2D eigenvalue weighted by atomic mass is 9.44. The van der Waals surface area contributed by atoms with E-state index in [1.807, 2.05) is 0 Å². The van der Waals surface area contributed by atoms with Gasteiger partial charge in [0.2, 0.25) is 0 Å². The van der Waals surface area contributed by atoms with Crippen molar-refractivity contribution in [2.45, 2.75) is 56.6 Å². The zero-order chi connectivity index (χ0) is 17.7. The number of hydrogen-bond acceptors (Lipinski definition) is 2. The molecule has 2 aliphatic carbocycles. The Bertz CT molecular complexity index is 801. The molecule has 26 heavy (non-hydrogen) atoms. The van der Waals surface area contributed by atoms with Gasteiger partial charge in [-0.3, -0.25) is 0 Å². The lowest BCUT2D eigenvalue weighted by Gasteiger charge is -2.64. The van der Waals surface area contributed by atoms with E-state index < -0.39 is 0 Å². The number of ether oxygens (including phenoxy) is 1. The predicted octanol–water partition coefficient (Wildman–Crippen LogP) is 5.12. The maximum atomic E-state index is 6.16. The van der Waals surface area contributed by atoms with Gasteiger partial charge in [-0.05, 0) is 61.6 Å². The van der Waals surface area contributed by atoms with Crippen molar-refractivity contribution in [3.8, 4) is 5.75 Å². The number of rotatable bonds is 3. The van der Waals surface area contributed by atoms with Crippen LogP contribution in [0.3, 0.4) is 0 Å². The van der Waals surface area contributed by atoms with Crippen LogP contribution in [0, 0.1) is 5.92 Å². The van der Waals surface area contributed by atoms with Crippen molar-refractivity contribution in [1.82, 2.24) is 4.90 Å². The van der Waals surface area contributed by atoms with Crippen LogP contribution in [-0.2, 0) is 12.0 Å². The number of fused-ring (bicyclic) bond motifs is 2. The second-order valence-electron chi connectivity index (χ2n) is 8.65. The fourth-order valence-corrected chi connectivity index (χ4v) is 6.15. The van der Waals surface area contributed by atoms with Crippen LogP contribution in [-0.4, -0.2) is 24.5 Å². The van der Waals surface area contributed by atoms with E-state index in [-0.39, 0.29) is 0 Å². The van der Waals surface area contributed by atoms with E-state index in [2.05, 4.69) is 67.4 Å². The Labute approximate surface area is 157 Å². The van der Waals surface area contributed by atoms with Crippen LogP contribution in [0.1, 0.15) is 55.2 Å². The highest BCUT2D eigenvalue weighted by Gasteiger charge is 2.60. The van der Waals surface area contributed by atoms with Crippen LogP contribution < -0.4 is 4.74 Å². The van der Waals surface area contributed by atoms with Gasteiger partial charge in [-0.1, -0.05) is 49.2 Å². The largest absolute Gasteiger partial charge is 0.489 e. The van der Waals surface area contributed by atoms with Crippen LogP contribution in [0.4, 0.5) is 0 Å². The Hall–Kier alpha value is -1.80. The Morgan fingerprint density at radius 2 is 1.96 bits per heavy atom. The molecule has 4 unspecified atom stereocenters. The number of likely N-dealkylation sites (tertiary alicyclic amines) is 1. The highest BCUT2D eigenvalue weighted by atomic mass is 16.5. The number of benzene rings is 2. The monoisotopic (exact) mass is 347 g/mol. The molecule has 2 heteroatoms. The van der Waals surface area contributed by atoms with Crippen molar-refractivity contribution < 1.29 is 4.74 Å². The van der Waals surface area contributed by atoms with Crippen molar-refractivity contribution in [2.75, 3.05) is 13.6 Å². The molecular formula is C24H29NO. The Kier molecular flexibility index (Phi) is 3.86. The summed E-state index contributed by atoms with van der Waals surface area (Å²) in [5.41, 5.74) is 4.85. The maximum absolute atomic E-state index is 6.16. The number of likely N-dealkylation sites (N-methyl/N-ethyl adjacent to an activating group) is 1. The topological polar surface area (TPSA) is 12.5 Å². The van der Waals surface area contributed by atoms with E-state index in [1.54, 1.807) is 11.1 Å². The summed E-state index contributed by atoms with van der Waals surface area (Å²) in [6.45, 7) is 4.31. The van der Waals surface area contributed by atoms with Gasteiger partial charge in [0.15, 0.2) is 0 Å². The average molecular weight is 348 g/mol. The first kappa shape index (κ1) is 16.4. The van der Waals surface area contributed by atoms with E-state index in [0.29, 0.717) is 18.1 Å². The van der Waals surface area contributed by atoms with Crippen molar-refractivity contribution >= 4 is 0 Å². The van der Waals surface area contributed by atoms with Gasteiger partial charge in [0, 0.05) is 23.9 Å². The molecule has 2 fully saturated rings. The van der Waals surface area contributed by atoms with Gasteiger partial charge < -0.3 is 9.64 Å². The van der Waals surface area contributed by atoms with Crippen LogP contribution in [0.5, 0.6) is 5.75 Å². The van der Waals surface area contributed by atoms with E-state index >= 15 is 0 Å². The smallest absolute Gasteiger partial charge is 0.120 e. The van der Waals surface area contributed by atoms with Gasteiger partial charge in [-0.25, -0.2) is 0 Å². The number of hydrogen-bond donors (Lipinski definition) is 0. The van der Waals surface area contributed by atoms with Gasteiger partial charge >= 0.3 is 0 Å². The molecule has 0 bridgehead atoms. The van der Waals surface area contributed by atoms with E-state index in [1.165, 1.54) is 37.8 Å². The van der Waals surface area contributed by atoms with Gasteiger partial charge in [0.25, 0.3) is 0 Å². The summed E-state index contributed by atoms with van der Waals surface area (Å²) in [5, 5.41) is 0. The first-order valence-electron chi connectivity index (χ1n) is 10.2. The summed E-state index contributed by atoms with van der Waals surface area (Å²) in [6, 6.07) is 18.1. The van der Waals surface area contributed by atoms with Crippen molar-refractivity contribution in [3.63, 3.8) is 0 Å². The van der Waals surface area contributed by atoms with Crippen molar-refractivity contribution in [3.05, 3.63) is 65.2 Å². The van der Waals surface area contributed by atoms with Gasteiger partial charge in [-0.15, -0.1) is 0 Å². The Balaban J connectivity index is 1.45. The highest BCUT2D eigenvalue weighted by molar-refractivity contribution is 5.55. The van der Waals surface area contributed by atoms with Crippen molar-refractivity contribution in [2.24, 2.45) is 5.92 Å². The number of nitrogens with zero attached hydrogens (tertiary/aromatic N) is 1. The quantitative estimate of drug-likeness (QED) is 0.763. The van der Waals surface area contributed by atoms with Crippen molar-refractivity contribution in [1.29, 1.82) is 0 Å². The van der Waals surface area contributed by atoms with E-state index in [4.69, 9.17) is 4.74 Å². The average Bonchev–Trinajstić information content (AvgIpc) is 2.70. The van der Waals surface area contributed by atoms with E-state index in [9.17, 15) is 0 Å². The zero-order valence-corrected chi connectivity index (χ0v) is 15.9. The second kappa shape index (κ2) is 6.13. The second-order valence-corrected chi connectivity index (χ2v) is 8.65. The lowest BCUT2D eigenvalue weighted by Crippen LogP contribution is -2.63. The van der Waals surface area contributed by atoms with Gasteiger partial charge in [-0.2, -0.15) is 0 Å². The minimum Gasteiger partial charge on any atom is -0.489 e. The van der Waals surface area contributed by atoms with Crippen LogP contribution in [0.15, 0.2) is 48.5 Å². The molecule has 2 aromatic rings. The lowest BCUT2D eigenvalue weighted by molar-refractivity contribution is -0.0168. The minimum atomic E-state index is 0.422. The minimum absolute atomic E-state index is 0.422. The van der Waals surface area contributed by atoms with Gasteiger partial charge in [0.1, 0.15) is 12.4 Å². The fourth-order valence-electron chi connectivity index (χ4n) is 6.15. The third-order valence-electron chi connectivity index (χ3n) is 7.54. The molecule has 1 saturated heterocycles. The highest BCUT2D eigenvalue weighted by Crippen LogP contribution is 2.65. The molecule has 3 aliphatic rings. The van der Waals surface area contributed by atoms with Crippen LogP contribution >= 0.6 is 0 Å². The number of piperidine rings is 1. The molecule has 0 radical (unpaired) electrons. The molecule has 2 nitrogen and oxygen atoms in total. The SMILES string of the molecule is CC1C2CCCCC23c2cc(OCc4ccccc4)ccc2C3CN1C. The fraction of sp³-hybridized carbons (Fsp3) is 0.500. The first-order chi connectivity index (χ1) is 12.7. The maximum Gasteiger partial charge on any atom is 0.120 e. The molecular weight excluding hydrogens is 318 g/mol. The molecule has 1 saturated carbocycles. The Morgan fingerprint density at radius 3 is 2.81 bits per heavy atom. The summed E-state index contributed by atoms with van der Waals surface area (Å²) < 4.78 is 6.16. The molecule has 1 aliphatic heterocycles. The summed E-state index contributed by atoms with van der Waals surface area (Å²) in [5.74, 6) is 2.57. The van der Waals surface area contributed by atoms with Crippen LogP contribution in [0.25, 0.3) is 0 Å². The molecule has 5 rings (SSSR count). The third-order valence-corrected chi connectivity index (χ3v) is 7.54. The molecule has 0 N–H and O–H groups in total. The predicted molar refractivity (Wildman–Crippen MR) is 106 cm³/mol. The van der Waals surface area contributed by atoms with Crippen LogP contribution in [0.2, 0.25) is 0 Å².